The van der Waals surface area contributed by atoms with E-state index in [1.807, 2.05) is 28.7 Å². The number of alkyl halides is 1. The van der Waals surface area contributed by atoms with Crippen molar-refractivity contribution in [3.8, 4) is 0 Å². The minimum Gasteiger partial charge on any atom is -0.376 e. The number of nitrogens with zero attached hydrogens (tertiary/aromatic N) is 1. The molecular weight excluding hydrogens is 321 g/mol. The average Bonchev–Trinajstić information content (AvgIpc) is 1.86. The first-order valence-electron chi connectivity index (χ1n) is 3.02. The first-order chi connectivity index (χ1) is 5.00. The van der Waals surface area contributed by atoms with Crippen molar-refractivity contribution in [2.45, 2.75) is 10.5 Å². The largest absolute Gasteiger partial charge is 0.376 e. The molecule has 0 aliphatic carbocycles. The fraction of sp³-hybridized carbons (Fsp3) is 0.286. The van der Waals surface area contributed by atoms with Gasteiger partial charge in [0, 0.05) is 22.4 Å². The van der Waals surface area contributed by atoms with Crippen LogP contribution in [0.4, 0.5) is 0 Å². The van der Waals surface area contributed by atoms with Gasteiger partial charge in [-0.3, -0.25) is 4.98 Å². The van der Waals surface area contributed by atoms with E-state index in [-0.39, 0.29) is 0 Å². The number of aliphatic hydroxyl groups is 1. The highest BCUT2D eigenvalue weighted by molar-refractivity contribution is 14.1. The molecule has 1 N–H and O–H groups in total. The first-order valence-corrected chi connectivity index (χ1v) is 4.89. The summed E-state index contributed by atoms with van der Waals surface area (Å²) in [6, 6.07) is 1.85. The lowest BCUT2D eigenvalue weighted by molar-refractivity contribution is 0.178. The van der Waals surface area contributed by atoms with Gasteiger partial charge in [-0.2, -0.15) is 0 Å². The zero-order valence-electron chi connectivity index (χ0n) is 5.88. The molecule has 0 saturated heterocycles. The summed E-state index contributed by atoms with van der Waals surface area (Å²) in [6.07, 6.45) is 3.34. The molecule has 0 unspecified atom stereocenters. The monoisotopic (exact) mass is 327 g/mol. The molecule has 0 fully saturated rings. The van der Waals surface area contributed by atoms with Crippen LogP contribution in [-0.2, 0) is 3.61 Å². The van der Waals surface area contributed by atoms with Crippen molar-refractivity contribution in [1.29, 1.82) is 0 Å². The Hall–Kier alpha value is 0.320. The average molecular weight is 328 g/mol. The Morgan fingerprint density at radius 1 is 1.64 bits per heavy atom. The van der Waals surface area contributed by atoms with E-state index in [9.17, 15) is 5.11 Å². The standard InChI is InChI=1S/C7H7BrINO/c1-7(9,11)5-2-6(8)4-10-3-5/h2-4,11H,1H3/t7-/m1/s1. The molecule has 1 aromatic heterocycles. The van der Waals surface area contributed by atoms with Crippen LogP contribution >= 0.6 is 38.5 Å². The van der Waals surface area contributed by atoms with Gasteiger partial charge in [0.15, 0.2) is 0 Å². The maximum atomic E-state index is 9.54. The van der Waals surface area contributed by atoms with E-state index < -0.39 is 3.61 Å². The fourth-order valence-electron chi connectivity index (χ4n) is 0.661. The number of aromatic nitrogens is 1. The van der Waals surface area contributed by atoms with Crippen LogP contribution in [0, 0.1) is 0 Å². The molecule has 2 nitrogen and oxygen atoms in total. The highest BCUT2D eigenvalue weighted by Gasteiger charge is 2.18. The third kappa shape index (κ3) is 2.68. The maximum Gasteiger partial charge on any atom is 0.139 e. The van der Waals surface area contributed by atoms with Crippen LogP contribution in [0.1, 0.15) is 12.5 Å². The van der Waals surface area contributed by atoms with Gasteiger partial charge < -0.3 is 5.11 Å². The number of pyridine rings is 1. The van der Waals surface area contributed by atoms with E-state index in [2.05, 4.69) is 20.9 Å². The Morgan fingerprint density at radius 2 is 2.27 bits per heavy atom. The van der Waals surface area contributed by atoms with Crippen molar-refractivity contribution in [3.05, 3.63) is 28.5 Å². The summed E-state index contributed by atoms with van der Waals surface area (Å²) in [4.78, 5) is 3.94. The van der Waals surface area contributed by atoms with Crippen LogP contribution in [0.15, 0.2) is 22.9 Å². The summed E-state index contributed by atoms with van der Waals surface area (Å²) in [7, 11) is 0. The van der Waals surface area contributed by atoms with Gasteiger partial charge in [0.2, 0.25) is 0 Å². The normalized spacial score (nSPS) is 16.0. The smallest absolute Gasteiger partial charge is 0.139 e. The maximum absolute atomic E-state index is 9.54. The second kappa shape index (κ2) is 3.37. The lowest BCUT2D eigenvalue weighted by Crippen LogP contribution is -2.10. The van der Waals surface area contributed by atoms with Crippen molar-refractivity contribution in [2.75, 3.05) is 0 Å². The Balaban J connectivity index is 3.06. The van der Waals surface area contributed by atoms with Gasteiger partial charge in [0.05, 0.1) is 0 Å². The molecule has 1 rings (SSSR count). The molecule has 0 aromatic carbocycles. The summed E-state index contributed by atoms with van der Waals surface area (Å²) in [5.41, 5.74) is 0.799. The van der Waals surface area contributed by atoms with Gasteiger partial charge in [-0.15, -0.1) is 0 Å². The number of halogens is 2. The third-order valence-corrected chi connectivity index (χ3v) is 2.29. The highest BCUT2D eigenvalue weighted by Crippen LogP contribution is 2.28. The van der Waals surface area contributed by atoms with Crippen LogP contribution < -0.4 is 0 Å². The zero-order valence-corrected chi connectivity index (χ0v) is 9.63. The van der Waals surface area contributed by atoms with Crippen LogP contribution in [0.3, 0.4) is 0 Å². The molecule has 1 heterocycles. The third-order valence-electron chi connectivity index (χ3n) is 1.23. The van der Waals surface area contributed by atoms with Crippen molar-refractivity contribution >= 4 is 38.5 Å². The SMILES string of the molecule is C[C@](O)(I)c1cncc(Br)c1. The minimum absolute atomic E-state index is 0.799. The van der Waals surface area contributed by atoms with Crippen LogP contribution in [0.25, 0.3) is 0 Å². The van der Waals surface area contributed by atoms with E-state index in [0.717, 1.165) is 10.0 Å². The first kappa shape index (κ1) is 9.41. The summed E-state index contributed by atoms with van der Waals surface area (Å²) in [5.74, 6) is 0. The highest BCUT2D eigenvalue weighted by atomic mass is 127. The molecular formula is C7H7BrINO. The number of rotatable bonds is 1. The Kier molecular flexibility index (Phi) is 2.88. The Bertz CT molecular complexity index is 259. The Morgan fingerprint density at radius 3 is 2.64 bits per heavy atom. The van der Waals surface area contributed by atoms with Crippen molar-refractivity contribution in [2.24, 2.45) is 0 Å². The van der Waals surface area contributed by atoms with Crippen LogP contribution in [-0.4, -0.2) is 10.1 Å². The number of hydrogen-bond acceptors (Lipinski definition) is 2. The van der Waals surface area contributed by atoms with Crippen molar-refractivity contribution in [1.82, 2.24) is 4.98 Å². The van der Waals surface area contributed by atoms with Crippen LogP contribution in [0.2, 0.25) is 0 Å². The van der Waals surface area contributed by atoms with E-state index in [1.165, 1.54) is 0 Å². The molecule has 0 spiro atoms. The molecule has 1 atom stereocenters. The molecule has 0 amide bonds. The van der Waals surface area contributed by atoms with Gasteiger partial charge in [-0.05, 0) is 51.5 Å². The molecule has 0 aliphatic heterocycles. The van der Waals surface area contributed by atoms with Gasteiger partial charge in [-0.25, -0.2) is 0 Å². The summed E-state index contributed by atoms with van der Waals surface area (Å²) in [6.45, 7) is 1.72. The molecule has 0 radical (unpaired) electrons. The molecule has 0 aliphatic rings. The Labute approximate surface area is 87.3 Å². The lowest BCUT2D eigenvalue weighted by Gasteiger charge is -2.14. The summed E-state index contributed by atoms with van der Waals surface area (Å²) < 4.78 is 0.0427. The van der Waals surface area contributed by atoms with E-state index in [1.54, 1.807) is 19.3 Å². The second-order valence-electron chi connectivity index (χ2n) is 2.35. The molecule has 11 heavy (non-hydrogen) atoms. The molecule has 0 saturated carbocycles. The van der Waals surface area contributed by atoms with E-state index >= 15 is 0 Å². The van der Waals surface area contributed by atoms with Gasteiger partial charge in [0.1, 0.15) is 3.61 Å². The van der Waals surface area contributed by atoms with Crippen molar-refractivity contribution < 1.29 is 5.11 Å². The van der Waals surface area contributed by atoms with Crippen LogP contribution in [0.5, 0.6) is 0 Å². The predicted molar refractivity (Wildman–Crippen MR) is 55.5 cm³/mol. The van der Waals surface area contributed by atoms with Gasteiger partial charge in [-0.1, -0.05) is 0 Å². The van der Waals surface area contributed by atoms with Gasteiger partial charge in [0.25, 0.3) is 0 Å². The topological polar surface area (TPSA) is 33.1 Å². The fourth-order valence-corrected chi connectivity index (χ4v) is 1.32. The second-order valence-corrected chi connectivity index (χ2v) is 5.36. The number of hydrogen-bond donors (Lipinski definition) is 1. The molecule has 60 valence electrons. The molecule has 1 aromatic rings. The quantitative estimate of drug-likeness (QED) is 0.635. The zero-order chi connectivity index (χ0) is 8.48. The minimum atomic E-state index is -0.839. The molecule has 4 heteroatoms. The summed E-state index contributed by atoms with van der Waals surface area (Å²) in [5, 5.41) is 9.54. The van der Waals surface area contributed by atoms with E-state index in [4.69, 9.17) is 0 Å². The van der Waals surface area contributed by atoms with Crippen molar-refractivity contribution in [3.63, 3.8) is 0 Å². The lowest BCUT2D eigenvalue weighted by atomic mass is 10.2. The predicted octanol–water partition coefficient (Wildman–Crippen LogP) is 2.44. The van der Waals surface area contributed by atoms with E-state index in [0.29, 0.717) is 0 Å². The molecule has 0 bridgehead atoms. The summed E-state index contributed by atoms with van der Waals surface area (Å²) >= 11 is 5.23. The van der Waals surface area contributed by atoms with Gasteiger partial charge >= 0.3 is 0 Å².